The predicted molar refractivity (Wildman–Crippen MR) is 79.1 cm³/mol. The molecule has 0 amide bonds. The summed E-state index contributed by atoms with van der Waals surface area (Å²) in [5, 5.41) is 20.1. The monoisotopic (exact) mass is 295 g/mol. The van der Waals surface area contributed by atoms with Crippen LogP contribution in [0.4, 0.5) is 0 Å². The molecule has 3 aromatic rings. The van der Waals surface area contributed by atoms with Gasteiger partial charge in [0.2, 0.25) is 11.6 Å². The van der Waals surface area contributed by atoms with E-state index in [0.717, 1.165) is 11.6 Å². The third-order valence-electron chi connectivity index (χ3n) is 2.99. The Morgan fingerprint density at radius 2 is 2.09 bits per heavy atom. The van der Waals surface area contributed by atoms with Gasteiger partial charge in [-0.3, -0.25) is 14.6 Å². The molecule has 3 rings (SSSR count). The van der Waals surface area contributed by atoms with Crippen LogP contribution >= 0.6 is 0 Å². The fourth-order valence-corrected chi connectivity index (χ4v) is 1.95. The highest BCUT2D eigenvalue weighted by Crippen LogP contribution is 2.08. The lowest BCUT2D eigenvalue weighted by Crippen LogP contribution is -2.04. The number of aliphatic hydroxyl groups is 1. The van der Waals surface area contributed by atoms with Crippen molar-refractivity contribution >= 4 is 11.5 Å². The van der Waals surface area contributed by atoms with Crippen molar-refractivity contribution in [3.63, 3.8) is 0 Å². The second kappa shape index (κ2) is 6.04. The number of hydrogen-bond acceptors (Lipinski definition) is 5. The molecule has 0 unspecified atom stereocenters. The van der Waals surface area contributed by atoms with E-state index in [2.05, 4.69) is 20.3 Å². The molecule has 0 radical (unpaired) electrons. The number of carbonyl (C=O) groups excluding carboxylic acids is 1. The summed E-state index contributed by atoms with van der Waals surface area (Å²) in [7, 11) is 0. The molecule has 0 aliphatic heterocycles. The molecule has 7 heteroatoms. The van der Waals surface area contributed by atoms with Gasteiger partial charge in [0, 0.05) is 12.3 Å². The summed E-state index contributed by atoms with van der Waals surface area (Å²) in [6.45, 7) is 0.574. The fraction of sp³-hybridized carbons (Fsp3) is 0.0667. The first kappa shape index (κ1) is 13.7. The number of allylic oxidation sites excluding steroid dienone is 1. The highest BCUT2D eigenvalue weighted by Gasteiger charge is 2.11. The van der Waals surface area contributed by atoms with E-state index in [1.165, 1.54) is 6.33 Å². The quantitative estimate of drug-likeness (QED) is 0.425. The molecule has 110 valence electrons. The minimum atomic E-state index is -0.408. The fourth-order valence-electron chi connectivity index (χ4n) is 1.95. The van der Waals surface area contributed by atoms with E-state index in [-0.39, 0.29) is 17.3 Å². The molecule has 2 heterocycles. The zero-order valence-electron chi connectivity index (χ0n) is 11.5. The van der Waals surface area contributed by atoms with E-state index in [9.17, 15) is 9.90 Å². The average Bonchev–Trinajstić information content (AvgIpc) is 3.19. The first-order chi connectivity index (χ1) is 10.7. The van der Waals surface area contributed by atoms with Crippen LogP contribution in [-0.4, -0.2) is 35.9 Å². The van der Waals surface area contributed by atoms with Gasteiger partial charge < -0.3 is 5.11 Å². The van der Waals surface area contributed by atoms with Crippen LogP contribution in [0.5, 0.6) is 0 Å². The van der Waals surface area contributed by atoms with E-state index in [1.54, 1.807) is 16.9 Å². The van der Waals surface area contributed by atoms with Crippen molar-refractivity contribution in [1.29, 1.82) is 0 Å². The van der Waals surface area contributed by atoms with E-state index < -0.39 is 5.78 Å². The first-order valence-electron chi connectivity index (χ1n) is 6.61. The molecule has 22 heavy (non-hydrogen) atoms. The van der Waals surface area contributed by atoms with Gasteiger partial charge in [-0.2, -0.15) is 10.2 Å². The van der Waals surface area contributed by atoms with Crippen LogP contribution in [0, 0.1) is 0 Å². The Kier molecular flexibility index (Phi) is 3.78. The van der Waals surface area contributed by atoms with Crippen LogP contribution in [0.1, 0.15) is 21.9 Å². The normalized spacial score (nSPS) is 11.5. The van der Waals surface area contributed by atoms with Gasteiger partial charge in [-0.15, -0.1) is 0 Å². The number of ketones is 1. The molecule has 0 aliphatic carbocycles. The summed E-state index contributed by atoms with van der Waals surface area (Å²) < 4.78 is 1.67. The standard InChI is InChI=1S/C15H13N5O2/c21-13(8-14(22)15-16-10-17-18-15)12-6-7-20(19-12)9-11-4-2-1-3-5-11/h1-8,10,22H,9H2,(H,16,17,18). The summed E-state index contributed by atoms with van der Waals surface area (Å²) in [6.07, 6.45) is 4.09. The van der Waals surface area contributed by atoms with Crippen LogP contribution in [0.2, 0.25) is 0 Å². The van der Waals surface area contributed by atoms with Gasteiger partial charge in [-0.25, -0.2) is 4.98 Å². The number of carbonyl (C=O) groups is 1. The molecular formula is C15H13N5O2. The zero-order chi connectivity index (χ0) is 15.4. The molecule has 0 bridgehead atoms. The molecule has 0 spiro atoms. The Morgan fingerprint density at radius 1 is 1.27 bits per heavy atom. The number of rotatable bonds is 5. The van der Waals surface area contributed by atoms with Crippen molar-refractivity contribution in [3.05, 3.63) is 72.1 Å². The molecule has 0 atom stereocenters. The van der Waals surface area contributed by atoms with Gasteiger partial charge in [0.1, 0.15) is 12.0 Å². The second-order valence-electron chi connectivity index (χ2n) is 4.60. The van der Waals surface area contributed by atoms with Gasteiger partial charge in [0.15, 0.2) is 5.76 Å². The average molecular weight is 295 g/mol. The van der Waals surface area contributed by atoms with E-state index >= 15 is 0 Å². The van der Waals surface area contributed by atoms with E-state index in [1.807, 2.05) is 30.3 Å². The largest absolute Gasteiger partial charge is 0.504 e. The molecule has 7 nitrogen and oxygen atoms in total. The SMILES string of the molecule is O=C(C=C(O)c1nc[nH]n1)c1ccn(Cc2ccccc2)n1. The molecule has 2 N–H and O–H groups in total. The van der Waals surface area contributed by atoms with Crippen molar-refractivity contribution in [3.8, 4) is 0 Å². The third-order valence-corrected chi connectivity index (χ3v) is 2.99. The molecule has 0 fully saturated rings. The molecule has 0 aliphatic rings. The van der Waals surface area contributed by atoms with Crippen molar-refractivity contribution < 1.29 is 9.90 Å². The second-order valence-corrected chi connectivity index (χ2v) is 4.60. The molecule has 0 saturated heterocycles. The summed E-state index contributed by atoms with van der Waals surface area (Å²) in [4.78, 5) is 15.8. The summed E-state index contributed by atoms with van der Waals surface area (Å²) in [5.74, 6) is -0.643. The van der Waals surface area contributed by atoms with Gasteiger partial charge in [0.25, 0.3) is 0 Å². The molecule has 0 saturated carbocycles. The van der Waals surface area contributed by atoms with Crippen LogP contribution in [0.15, 0.2) is 55.0 Å². The number of nitrogens with one attached hydrogen (secondary N) is 1. The number of hydrogen-bond donors (Lipinski definition) is 2. The van der Waals surface area contributed by atoms with Gasteiger partial charge in [0.05, 0.1) is 6.54 Å². The summed E-state index contributed by atoms with van der Waals surface area (Å²) in [6, 6.07) is 11.4. The molecule has 1 aromatic carbocycles. The molecular weight excluding hydrogens is 282 g/mol. The van der Waals surface area contributed by atoms with Gasteiger partial charge in [-0.1, -0.05) is 30.3 Å². The number of H-pyrrole nitrogens is 1. The Labute approximate surface area is 125 Å². The lowest BCUT2D eigenvalue weighted by molar-refractivity contribution is 0.104. The van der Waals surface area contributed by atoms with Crippen LogP contribution in [0.3, 0.4) is 0 Å². The maximum atomic E-state index is 12.0. The highest BCUT2D eigenvalue weighted by atomic mass is 16.3. The first-order valence-corrected chi connectivity index (χ1v) is 6.61. The third kappa shape index (κ3) is 3.09. The minimum Gasteiger partial charge on any atom is -0.504 e. The number of nitrogens with zero attached hydrogens (tertiary/aromatic N) is 4. The van der Waals surface area contributed by atoms with Crippen molar-refractivity contribution in [2.45, 2.75) is 6.54 Å². The van der Waals surface area contributed by atoms with E-state index in [0.29, 0.717) is 6.54 Å². The lowest BCUT2D eigenvalue weighted by atomic mass is 10.2. The number of aromatic nitrogens is 5. The minimum absolute atomic E-state index is 0.0667. The number of aromatic amines is 1. The van der Waals surface area contributed by atoms with Crippen LogP contribution < -0.4 is 0 Å². The van der Waals surface area contributed by atoms with Crippen LogP contribution in [0.25, 0.3) is 5.76 Å². The Hall–Kier alpha value is -3.22. The van der Waals surface area contributed by atoms with Crippen LogP contribution in [-0.2, 0) is 6.54 Å². The summed E-state index contributed by atoms with van der Waals surface area (Å²) >= 11 is 0. The van der Waals surface area contributed by atoms with E-state index in [4.69, 9.17) is 0 Å². The van der Waals surface area contributed by atoms with Crippen molar-refractivity contribution in [2.24, 2.45) is 0 Å². The zero-order valence-corrected chi connectivity index (χ0v) is 11.5. The number of aliphatic hydroxyl groups excluding tert-OH is 1. The lowest BCUT2D eigenvalue weighted by Gasteiger charge is -2.00. The maximum absolute atomic E-state index is 12.0. The van der Waals surface area contributed by atoms with Gasteiger partial charge >= 0.3 is 0 Å². The topological polar surface area (TPSA) is 96.7 Å². The Morgan fingerprint density at radius 3 is 2.82 bits per heavy atom. The van der Waals surface area contributed by atoms with Crippen molar-refractivity contribution in [1.82, 2.24) is 25.0 Å². The predicted octanol–water partition coefficient (Wildman–Crippen LogP) is 1.83. The highest BCUT2D eigenvalue weighted by molar-refractivity contribution is 6.06. The Balaban J connectivity index is 1.73. The molecule has 2 aromatic heterocycles. The smallest absolute Gasteiger partial charge is 0.215 e. The Bertz CT molecular complexity index is 790. The maximum Gasteiger partial charge on any atom is 0.215 e. The van der Waals surface area contributed by atoms with Crippen molar-refractivity contribution in [2.75, 3.05) is 0 Å². The summed E-state index contributed by atoms with van der Waals surface area (Å²) in [5.41, 5.74) is 1.33. The van der Waals surface area contributed by atoms with Gasteiger partial charge in [-0.05, 0) is 11.6 Å². The number of benzene rings is 1.